The van der Waals surface area contributed by atoms with Gasteiger partial charge in [0.15, 0.2) is 0 Å². The lowest BCUT2D eigenvalue weighted by molar-refractivity contribution is 0.282. The van der Waals surface area contributed by atoms with E-state index in [2.05, 4.69) is 5.32 Å². The van der Waals surface area contributed by atoms with E-state index in [0.29, 0.717) is 12.1 Å². The summed E-state index contributed by atoms with van der Waals surface area (Å²) >= 11 is 0. The Morgan fingerprint density at radius 2 is 1.75 bits per heavy atom. The van der Waals surface area contributed by atoms with Crippen LogP contribution >= 0.6 is 0 Å². The summed E-state index contributed by atoms with van der Waals surface area (Å²) < 4.78 is 12.9. The molecule has 0 aliphatic rings. The molecule has 0 aliphatic heterocycles. The van der Waals surface area contributed by atoms with E-state index in [1.54, 1.807) is 6.07 Å². The van der Waals surface area contributed by atoms with Crippen molar-refractivity contribution in [3.05, 3.63) is 65.0 Å². The van der Waals surface area contributed by atoms with Crippen LogP contribution < -0.4 is 5.32 Å². The van der Waals surface area contributed by atoms with Crippen LogP contribution in [0.2, 0.25) is 0 Å². The Hall–Kier alpha value is -1.91. The Balaban J connectivity index is 1.98. The Bertz CT molecular complexity index is 569. The number of hydrogen-bond acceptors (Lipinski definition) is 3. The summed E-state index contributed by atoms with van der Waals surface area (Å²) in [4.78, 5) is 0. The summed E-state index contributed by atoms with van der Waals surface area (Å²) in [7, 11) is 0. The van der Waals surface area contributed by atoms with Gasteiger partial charge in [0.2, 0.25) is 0 Å². The van der Waals surface area contributed by atoms with E-state index in [1.165, 1.54) is 6.07 Å². The molecule has 0 spiro atoms. The number of aliphatic hydroxyl groups is 1. The number of benzene rings is 2. The molecule has 0 saturated carbocycles. The highest BCUT2D eigenvalue weighted by Crippen LogP contribution is 2.24. The number of aliphatic hydroxyl groups excluding tert-OH is 1. The van der Waals surface area contributed by atoms with E-state index in [4.69, 9.17) is 5.11 Å². The summed E-state index contributed by atoms with van der Waals surface area (Å²) in [6.07, 6.45) is 0. The van der Waals surface area contributed by atoms with Crippen LogP contribution in [0.15, 0.2) is 42.5 Å². The fourth-order valence-electron chi connectivity index (χ4n) is 2.03. The first kappa shape index (κ1) is 14.5. The maximum Gasteiger partial charge on any atom is 0.126 e. The Kier molecular flexibility index (Phi) is 4.71. The normalized spacial score (nSPS) is 12.3. The maximum absolute atomic E-state index is 12.9. The van der Waals surface area contributed by atoms with Crippen molar-refractivity contribution in [1.82, 2.24) is 5.32 Å². The van der Waals surface area contributed by atoms with Crippen LogP contribution in [0.5, 0.6) is 5.75 Å². The lowest BCUT2D eigenvalue weighted by Gasteiger charge is -2.16. The third-order valence-electron chi connectivity index (χ3n) is 3.28. The molecular weight excluding hydrogens is 257 g/mol. The molecule has 0 heterocycles. The van der Waals surface area contributed by atoms with Crippen molar-refractivity contribution in [2.45, 2.75) is 26.1 Å². The van der Waals surface area contributed by atoms with Gasteiger partial charge in [0.05, 0.1) is 6.61 Å². The molecule has 106 valence electrons. The molecule has 2 aromatic carbocycles. The molecule has 20 heavy (non-hydrogen) atoms. The largest absolute Gasteiger partial charge is 0.508 e. The number of phenolic OH excluding ortho intramolecular Hbond substituents is 1. The Morgan fingerprint density at radius 3 is 2.35 bits per heavy atom. The van der Waals surface area contributed by atoms with Crippen LogP contribution in [0.3, 0.4) is 0 Å². The van der Waals surface area contributed by atoms with Crippen molar-refractivity contribution >= 4 is 0 Å². The van der Waals surface area contributed by atoms with E-state index < -0.39 is 5.82 Å². The van der Waals surface area contributed by atoms with Gasteiger partial charge in [-0.3, -0.25) is 0 Å². The zero-order valence-electron chi connectivity index (χ0n) is 11.3. The second kappa shape index (κ2) is 6.50. The average Bonchev–Trinajstić information content (AvgIpc) is 2.45. The molecule has 0 fully saturated rings. The molecule has 3 N–H and O–H groups in total. The summed E-state index contributed by atoms with van der Waals surface area (Å²) in [5.41, 5.74) is 2.62. The third-order valence-corrected chi connectivity index (χ3v) is 3.28. The number of hydrogen-bond donors (Lipinski definition) is 3. The van der Waals surface area contributed by atoms with Gasteiger partial charge in [-0.2, -0.15) is 0 Å². The summed E-state index contributed by atoms with van der Waals surface area (Å²) in [5, 5.41) is 22.0. The maximum atomic E-state index is 12.9. The average molecular weight is 275 g/mol. The summed E-state index contributed by atoms with van der Waals surface area (Å²) in [6.45, 7) is 2.58. The first-order chi connectivity index (χ1) is 9.60. The third kappa shape index (κ3) is 3.56. The predicted molar refractivity (Wildman–Crippen MR) is 75.7 cm³/mol. The standard InChI is InChI=1S/C16H18FNO2/c1-11(15-7-6-14(17)8-16(15)20)18-9-12-2-4-13(10-19)5-3-12/h2-8,11,18-20H,9-10H2,1H3. The SMILES string of the molecule is CC(NCc1ccc(CO)cc1)c1ccc(F)cc1O. The van der Waals surface area contributed by atoms with Crippen LogP contribution in [-0.4, -0.2) is 10.2 Å². The van der Waals surface area contributed by atoms with Crippen LogP contribution in [0.25, 0.3) is 0 Å². The zero-order valence-corrected chi connectivity index (χ0v) is 11.3. The molecule has 0 bridgehead atoms. The van der Waals surface area contributed by atoms with Crippen molar-refractivity contribution in [3.63, 3.8) is 0 Å². The molecule has 0 saturated heterocycles. The smallest absolute Gasteiger partial charge is 0.126 e. The molecule has 2 rings (SSSR count). The monoisotopic (exact) mass is 275 g/mol. The number of rotatable bonds is 5. The molecule has 1 atom stereocenters. The van der Waals surface area contributed by atoms with Gasteiger partial charge in [0, 0.05) is 24.2 Å². The summed E-state index contributed by atoms with van der Waals surface area (Å²) in [6, 6.07) is 11.6. The topological polar surface area (TPSA) is 52.5 Å². The van der Waals surface area contributed by atoms with Gasteiger partial charge >= 0.3 is 0 Å². The molecule has 0 aliphatic carbocycles. The zero-order chi connectivity index (χ0) is 14.5. The van der Waals surface area contributed by atoms with E-state index in [9.17, 15) is 9.50 Å². The molecule has 0 radical (unpaired) electrons. The molecule has 2 aromatic rings. The second-order valence-electron chi connectivity index (χ2n) is 4.78. The van der Waals surface area contributed by atoms with Gasteiger partial charge in [-0.05, 0) is 24.1 Å². The van der Waals surface area contributed by atoms with Gasteiger partial charge in [-0.15, -0.1) is 0 Å². The highest BCUT2D eigenvalue weighted by Gasteiger charge is 2.10. The predicted octanol–water partition coefficient (Wildman–Crippen LogP) is 2.87. The molecule has 1 unspecified atom stereocenters. The minimum absolute atomic E-state index is 0.0353. The number of nitrogens with one attached hydrogen (secondary N) is 1. The van der Waals surface area contributed by atoms with Gasteiger partial charge < -0.3 is 15.5 Å². The second-order valence-corrected chi connectivity index (χ2v) is 4.78. The highest BCUT2D eigenvalue weighted by atomic mass is 19.1. The molecular formula is C16H18FNO2. The first-order valence-corrected chi connectivity index (χ1v) is 6.50. The molecule has 0 aromatic heterocycles. The van der Waals surface area contributed by atoms with E-state index >= 15 is 0 Å². The van der Waals surface area contributed by atoms with Gasteiger partial charge in [-0.1, -0.05) is 30.3 Å². The van der Waals surface area contributed by atoms with Crippen molar-refractivity contribution < 1.29 is 14.6 Å². The van der Waals surface area contributed by atoms with Gasteiger partial charge in [-0.25, -0.2) is 4.39 Å². The van der Waals surface area contributed by atoms with E-state index in [1.807, 2.05) is 31.2 Å². The van der Waals surface area contributed by atoms with Gasteiger partial charge in [0.1, 0.15) is 11.6 Å². The molecule has 0 amide bonds. The van der Waals surface area contributed by atoms with Crippen molar-refractivity contribution in [1.29, 1.82) is 0 Å². The fourth-order valence-corrected chi connectivity index (χ4v) is 2.03. The minimum atomic E-state index is -0.446. The van der Waals surface area contributed by atoms with Crippen LogP contribution in [0, 0.1) is 5.82 Å². The van der Waals surface area contributed by atoms with Crippen LogP contribution in [-0.2, 0) is 13.2 Å². The lowest BCUT2D eigenvalue weighted by atomic mass is 10.1. The number of halogens is 1. The first-order valence-electron chi connectivity index (χ1n) is 6.50. The quantitative estimate of drug-likeness (QED) is 0.786. The van der Waals surface area contributed by atoms with Crippen molar-refractivity contribution in [2.75, 3.05) is 0 Å². The number of aromatic hydroxyl groups is 1. The highest BCUT2D eigenvalue weighted by molar-refractivity contribution is 5.35. The van der Waals surface area contributed by atoms with E-state index in [0.717, 1.165) is 17.2 Å². The minimum Gasteiger partial charge on any atom is -0.508 e. The fraction of sp³-hybridized carbons (Fsp3) is 0.250. The Labute approximate surface area is 117 Å². The van der Waals surface area contributed by atoms with Crippen molar-refractivity contribution in [3.8, 4) is 5.75 Å². The van der Waals surface area contributed by atoms with Crippen LogP contribution in [0.1, 0.15) is 29.7 Å². The Morgan fingerprint density at radius 1 is 1.10 bits per heavy atom. The molecule has 4 heteroatoms. The van der Waals surface area contributed by atoms with Crippen molar-refractivity contribution in [2.24, 2.45) is 0 Å². The van der Waals surface area contributed by atoms with Gasteiger partial charge in [0.25, 0.3) is 0 Å². The molecule has 3 nitrogen and oxygen atoms in total. The number of phenols is 1. The van der Waals surface area contributed by atoms with E-state index in [-0.39, 0.29) is 18.4 Å². The lowest BCUT2D eigenvalue weighted by Crippen LogP contribution is -2.18. The van der Waals surface area contributed by atoms with Crippen LogP contribution in [0.4, 0.5) is 4.39 Å². The summed E-state index contributed by atoms with van der Waals surface area (Å²) in [5.74, 6) is -0.487.